The Morgan fingerprint density at radius 1 is 1.12 bits per heavy atom. The first kappa shape index (κ1) is 20.2. The van der Waals surface area contributed by atoms with Crippen LogP contribution >= 0.6 is 11.8 Å². The lowest BCUT2D eigenvalue weighted by molar-refractivity contribution is -0.113. The topological polar surface area (TPSA) is 101 Å². The predicted molar refractivity (Wildman–Crippen MR) is 105 cm³/mol. The minimum Gasteiger partial charge on any atom is -0.325 e. The number of aryl methyl sites for hydroxylation is 2. The fraction of sp³-hybridized carbons (Fsp3) is 0.353. The van der Waals surface area contributed by atoms with Crippen molar-refractivity contribution in [2.24, 2.45) is 0 Å². The highest BCUT2D eigenvalue weighted by Gasteiger charge is 2.16. The average Bonchev–Trinajstić information content (AvgIpc) is 2.54. The van der Waals surface area contributed by atoms with Gasteiger partial charge >= 0.3 is 0 Å². The van der Waals surface area contributed by atoms with Crippen LogP contribution in [0.5, 0.6) is 0 Å². The molecule has 9 heteroatoms. The Labute approximate surface area is 158 Å². The van der Waals surface area contributed by atoms with Crippen LogP contribution in [-0.2, 0) is 14.8 Å². The van der Waals surface area contributed by atoms with E-state index in [-0.39, 0.29) is 16.8 Å². The molecule has 0 fully saturated rings. The molecule has 0 aliphatic rings. The van der Waals surface area contributed by atoms with Gasteiger partial charge in [-0.25, -0.2) is 23.1 Å². The number of rotatable bonds is 8. The molecular weight excluding hydrogens is 372 g/mol. The molecule has 0 bridgehead atoms. The molecule has 0 aliphatic heterocycles. The summed E-state index contributed by atoms with van der Waals surface area (Å²) >= 11 is 1.56. The zero-order valence-corrected chi connectivity index (χ0v) is 16.6. The van der Waals surface area contributed by atoms with Gasteiger partial charge in [-0.1, -0.05) is 6.92 Å². The van der Waals surface area contributed by atoms with Crippen molar-refractivity contribution in [1.82, 2.24) is 9.97 Å². The van der Waals surface area contributed by atoms with Crippen molar-refractivity contribution in [3.8, 4) is 0 Å². The van der Waals surface area contributed by atoms with Gasteiger partial charge in [-0.2, -0.15) is 11.8 Å². The Morgan fingerprint density at radius 2 is 1.73 bits per heavy atom. The van der Waals surface area contributed by atoms with Crippen LogP contribution < -0.4 is 10.0 Å². The van der Waals surface area contributed by atoms with Crippen LogP contribution in [-0.4, -0.2) is 35.8 Å². The zero-order valence-electron chi connectivity index (χ0n) is 14.9. The van der Waals surface area contributed by atoms with Crippen LogP contribution in [0.15, 0.2) is 35.2 Å². The van der Waals surface area contributed by atoms with Crippen LogP contribution in [0.2, 0.25) is 0 Å². The normalized spacial score (nSPS) is 11.2. The highest BCUT2D eigenvalue weighted by atomic mass is 32.2. The Morgan fingerprint density at radius 3 is 2.31 bits per heavy atom. The van der Waals surface area contributed by atoms with Gasteiger partial charge in [0.15, 0.2) is 0 Å². The molecule has 2 N–H and O–H groups in total. The molecule has 0 aliphatic carbocycles. The second kappa shape index (κ2) is 9.00. The zero-order chi connectivity index (χ0) is 19.2. The summed E-state index contributed by atoms with van der Waals surface area (Å²) < 4.78 is 27.3. The molecule has 0 atom stereocenters. The van der Waals surface area contributed by atoms with Gasteiger partial charge in [-0.3, -0.25) is 4.79 Å². The summed E-state index contributed by atoms with van der Waals surface area (Å²) in [6, 6.07) is 7.73. The number of carbonyl (C=O) groups is 1. The maximum Gasteiger partial charge on any atom is 0.264 e. The van der Waals surface area contributed by atoms with Gasteiger partial charge in [0.25, 0.3) is 10.0 Å². The standard InChI is InChI=1S/C17H22N4O3S2/c1-4-9-25-11-16(22)20-14-5-7-15(8-6-14)26(23,24)21-17-18-12(2)10-13(3)19-17/h5-8,10H,4,9,11H2,1-3H3,(H,20,22)(H,18,19,21). The minimum atomic E-state index is -3.80. The van der Waals surface area contributed by atoms with Crippen molar-refractivity contribution in [3.63, 3.8) is 0 Å². The molecule has 2 aromatic rings. The highest BCUT2D eigenvalue weighted by molar-refractivity contribution is 7.99. The van der Waals surface area contributed by atoms with E-state index in [0.717, 1.165) is 12.2 Å². The molecule has 1 aromatic carbocycles. The fourth-order valence-electron chi connectivity index (χ4n) is 2.17. The molecule has 0 radical (unpaired) electrons. The van der Waals surface area contributed by atoms with Gasteiger partial charge < -0.3 is 5.32 Å². The number of hydrogen-bond acceptors (Lipinski definition) is 6. The Kier molecular flexibility index (Phi) is 6.98. The third-order valence-corrected chi connectivity index (χ3v) is 5.75. The molecule has 0 spiro atoms. The summed E-state index contributed by atoms with van der Waals surface area (Å²) in [7, 11) is -3.80. The van der Waals surface area contributed by atoms with Crippen molar-refractivity contribution >= 4 is 39.3 Å². The first-order valence-corrected chi connectivity index (χ1v) is 10.8. The number of aromatic nitrogens is 2. The summed E-state index contributed by atoms with van der Waals surface area (Å²) in [5.74, 6) is 1.23. The molecule has 0 saturated carbocycles. The van der Waals surface area contributed by atoms with Gasteiger partial charge in [0.1, 0.15) is 0 Å². The van der Waals surface area contributed by atoms with E-state index in [4.69, 9.17) is 0 Å². The van der Waals surface area contributed by atoms with Crippen LogP contribution in [0.4, 0.5) is 11.6 Å². The molecule has 0 unspecified atom stereocenters. The largest absolute Gasteiger partial charge is 0.325 e. The molecule has 26 heavy (non-hydrogen) atoms. The van der Waals surface area contributed by atoms with E-state index in [2.05, 4.69) is 26.9 Å². The summed E-state index contributed by atoms with van der Waals surface area (Å²) in [6.45, 7) is 5.59. The van der Waals surface area contributed by atoms with Gasteiger partial charge in [-0.05, 0) is 56.4 Å². The van der Waals surface area contributed by atoms with E-state index in [1.807, 2.05) is 0 Å². The predicted octanol–water partition coefficient (Wildman–Crippen LogP) is 2.98. The van der Waals surface area contributed by atoms with E-state index in [0.29, 0.717) is 22.8 Å². The number of nitrogens with one attached hydrogen (secondary N) is 2. The van der Waals surface area contributed by atoms with Crippen LogP contribution in [0.3, 0.4) is 0 Å². The van der Waals surface area contributed by atoms with Gasteiger partial charge in [-0.15, -0.1) is 0 Å². The van der Waals surface area contributed by atoms with E-state index in [1.165, 1.54) is 12.1 Å². The SMILES string of the molecule is CCCSCC(=O)Nc1ccc(S(=O)(=O)Nc2nc(C)cc(C)n2)cc1. The second-order valence-electron chi connectivity index (χ2n) is 5.70. The maximum absolute atomic E-state index is 12.5. The highest BCUT2D eigenvalue weighted by Crippen LogP contribution is 2.17. The number of amides is 1. The van der Waals surface area contributed by atoms with E-state index in [1.54, 1.807) is 43.8 Å². The molecule has 2 rings (SSSR count). The summed E-state index contributed by atoms with van der Waals surface area (Å²) in [4.78, 5) is 20.0. The molecular formula is C17H22N4O3S2. The number of sulfonamides is 1. The Bertz CT molecular complexity index is 848. The lowest BCUT2D eigenvalue weighted by Gasteiger charge is -2.09. The van der Waals surface area contributed by atoms with Crippen LogP contribution in [0, 0.1) is 13.8 Å². The second-order valence-corrected chi connectivity index (χ2v) is 8.49. The smallest absolute Gasteiger partial charge is 0.264 e. The molecule has 140 valence electrons. The van der Waals surface area contributed by atoms with Gasteiger partial charge in [0.2, 0.25) is 11.9 Å². The number of carbonyl (C=O) groups excluding carboxylic acids is 1. The van der Waals surface area contributed by atoms with Gasteiger partial charge in [0.05, 0.1) is 10.6 Å². The van der Waals surface area contributed by atoms with Crippen LogP contribution in [0.1, 0.15) is 24.7 Å². The van der Waals surface area contributed by atoms with E-state index in [9.17, 15) is 13.2 Å². The van der Waals surface area contributed by atoms with Crippen molar-refractivity contribution in [2.45, 2.75) is 32.1 Å². The lowest BCUT2D eigenvalue weighted by Crippen LogP contribution is -2.16. The Balaban J connectivity index is 2.05. The summed E-state index contributed by atoms with van der Waals surface area (Å²) in [5.41, 5.74) is 1.90. The number of thioether (sulfide) groups is 1. The maximum atomic E-state index is 12.5. The molecule has 1 heterocycles. The first-order chi connectivity index (χ1) is 12.3. The van der Waals surface area contributed by atoms with Crippen LogP contribution in [0.25, 0.3) is 0 Å². The molecule has 1 aromatic heterocycles. The third-order valence-electron chi connectivity index (χ3n) is 3.24. The fourth-order valence-corrected chi connectivity index (χ4v) is 3.81. The van der Waals surface area contributed by atoms with Crippen molar-refractivity contribution in [3.05, 3.63) is 41.7 Å². The molecule has 7 nitrogen and oxygen atoms in total. The average molecular weight is 395 g/mol. The monoisotopic (exact) mass is 394 g/mol. The van der Waals surface area contributed by atoms with Crippen molar-refractivity contribution < 1.29 is 13.2 Å². The first-order valence-electron chi connectivity index (χ1n) is 8.13. The summed E-state index contributed by atoms with van der Waals surface area (Å²) in [5, 5.41) is 2.74. The number of nitrogens with zero attached hydrogens (tertiary/aromatic N) is 2. The molecule has 1 amide bonds. The minimum absolute atomic E-state index is 0.0350. The van der Waals surface area contributed by atoms with Gasteiger partial charge in [0, 0.05) is 17.1 Å². The Hall–Kier alpha value is -2.13. The van der Waals surface area contributed by atoms with E-state index < -0.39 is 10.0 Å². The summed E-state index contributed by atoms with van der Waals surface area (Å²) in [6.07, 6.45) is 1.02. The quantitative estimate of drug-likeness (QED) is 0.668. The third kappa shape index (κ3) is 5.99. The molecule has 0 saturated heterocycles. The number of anilines is 2. The van der Waals surface area contributed by atoms with E-state index >= 15 is 0 Å². The number of hydrogen-bond donors (Lipinski definition) is 2. The number of benzene rings is 1. The lowest BCUT2D eigenvalue weighted by atomic mass is 10.3. The van der Waals surface area contributed by atoms with Crippen molar-refractivity contribution in [2.75, 3.05) is 21.5 Å². The van der Waals surface area contributed by atoms with Crippen molar-refractivity contribution in [1.29, 1.82) is 0 Å².